The second-order valence-electron chi connectivity index (χ2n) is 6.43. The molecule has 0 fully saturated rings. The highest BCUT2D eigenvalue weighted by atomic mass is 16.5. The minimum absolute atomic E-state index is 0.0220. The normalized spacial score (nSPS) is 12.3. The van der Waals surface area contributed by atoms with Gasteiger partial charge in [-0.1, -0.05) is 6.07 Å². The lowest BCUT2D eigenvalue weighted by atomic mass is 9.88. The van der Waals surface area contributed by atoms with Gasteiger partial charge in [-0.3, -0.25) is 13.9 Å². The van der Waals surface area contributed by atoms with Crippen LogP contribution < -0.4 is 11.3 Å². The van der Waals surface area contributed by atoms with Crippen LogP contribution in [-0.2, 0) is 23.6 Å². The molecule has 0 aliphatic heterocycles. The van der Waals surface area contributed by atoms with Crippen molar-refractivity contribution in [1.29, 1.82) is 0 Å². The zero-order chi connectivity index (χ0) is 19.9. The van der Waals surface area contributed by atoms with Crippen LogP contribution in [0.1, 0.15) is 29.2 Å². The second kappa shape index (κ2) is 6.79. The number of hydrogen-bond acceptors (Lipinski definition) is 6. The molecule has 0 aliphatic rings. The fraction of sp³-hybridized carbons (Fsp3) is 0.316. The van der Waals surface area contributed by atoms with Gasteiger partial charge in [-0.25, -0.2) is 9.59 Å². The van der Waals surface area contributed by atoms with Crippen LogP contribution in [0.5, 0.6) is 5.75 Å². The smallest absolute Gasteiger partial charge is 0.343 e. The highest BCUT2D eigenvalue weighted by molar-refractivity contribution is 5.78. The molecule has 3 aromatic rings. The molecular formula is C19H20N2O6. The van der Waals surface area contributed by atoms with E-state index in [0.29, 0.717) is 16.6 Å². The molecule has 0 amide bonds. The van der Waals surface area contributed by atoms with E-state index in [0.717, 1.165) is 0 Å². The standard InChI is InChI=1S/C19H20N2O6/c1-10-7-15(22)17(18(24)27-10)12(9-16(23)26-4)11-5-6-13-14(8-11)21(3)19(25)20(13)2/h5-8,12,22H,9H2,1-4H3. The first-order valence-electron chi connectivity index (χ1n) is 8.30. The lowest BCUT2D eigenvalue weighted by Gasteiger charge is -2.17. The van der Waals surface area contributed by atoms with Crippen LogP contribution >= 0.6 is 0 Å². The van der Waals surface area contributed by atoms with E-state index in [-0.39, 0.29) is 29.2 Å². The van der Waals surface area contributed by atoms with Gasteiger partial charge in [0.1, 0.15) is 11.5 Å². The highest BCUT2D eigenvalue weighted by Gasteiger charge is 2.27. The predicted molar refractivity (Wildman–Crippen MR) is 98.0 cm³/mol. The molecular weight excluding hydrogens is 352 g/mol. The van der Waals surface area contributed by atoms with Crippen molar-refractivity contribution >= 4 is 17.0 Å². The number of imidazole rings is 1. The Morgan fingerprint density at radius 2 is 1.85 bits per heavy atom. The van der Waals surface area contributed by atoms with E-state index in [1.165, 1.54) is 22.3 Å². The van der Waals surface area contributed by atoms with Crippen LogP contribution in [0.2, 0.25) is 0 Å². The number of benzene rings is 1. The number of nitrogens with zero attached hydrogens (tertiary/aromatic N) is 2. The summed E-state index contributed by atoms with van der Waals surface area (Å²) < 4.78 is 12.8. The molecule has 3 rings (SSSR count). The van der Waals surface area contributed by atoms with Gasteiger partial charge in [0.25, 0.3) is 0 Å². The average molecular weight is 372 g/mol. The minimum Gasteiger partial charge on any atom is -0.507 e. The summed E-state index contributed by atoms with van der Waals surface area (Å²) in [5, 5.41) is 10.3. The van der Waals surface area contributed by atoms with Crippen LogP contribution in [0, 0.1) is 6.92 Å². The van der Waals surface area contributed by atoms with Crippen LogP contribution in [0.15, 0.2) is 38.3 Å². The van der Waals surface area contributed by atoms with Gasteiger partial charge in [-0.05, 0) is 24.6 Å². The molecule has 0 spiro atoms. The highest BCUT2D eigenvalue weighted by Crippen LogP contribution is 2.33. The van der Waals surface area contributed by atoms with Crippen molar-refractivity contribution in [3.63, 3.8) is 0 Å². The number of aromatic nitrogens is 2. The summed E-state index contributed by atoms with van der Waals surface area (Å²) in [4.78, 5) is 36.5. The Kier molecular flexibility index (Phi) is 4.65. The topological polar surface area (TPSA) is 104 Å². The van der Waals surface area contributed by atoms with Crippen molar-refractivity contribution in [1.82, 2.24) is 9.13 Å². The van der Waals surface area contributed by atoms with E-state index < -0.39 is 17.5 Å². The number of aryl methyl sites for hydroxylation is 3. The van der Waals surface area contributed by atoms with Crippen molar-refractivity contribution in [2.75, 3.05) is 7.11 Å². The Labute approximate surface area is 154 Å². The molecule has 1 atom stereocenters. The van der Waals surface area contributed by atoms with Crippen molar-refractivity contribution in [3.8, 4) is 5.75 Å². The van der Waals surface area contributed by atoms with Gasteiger partial charge >= 0.3 is 17.3 Å². The van der Waals surface area contributed by atoms with E-state index >= 15 is 0 Å². The Balaban J connectivity index is 2.25. The van der Waals surface area contributed by atoms with E-state index in [2.05, 4.69) is 0 Å². The third-order valence-corrected chi connectivity index (χ3v) is 4.73. The Bertz CT molecular complexity index is 1150. The van der Waals surface area contributed by atoms with Gasteiger partial charge in [0.2, 0.25) is 0 Å². The predicted octanol–water partition coefficient (Wildman–Crippen LogP) is 1.54. The maximum absolute atomic E-state index is 12.4. The fourth-order valence-electron chi connectivity index (χ4n) is 3.30. The summed E-state index contributed by atoms with van der Waals surface area (Å²) >= 11 is 0. The van der Waals surface area contributed by atoms with Gasteiger partial charge in [0, 0.05) is 26.1 Å². The second-order valence-corrected chi connectivity index (χ2v) is 6.43. The number of esters is 1. The first-order chi connectivity index (χ1) is 12.7. The SMILES string of the molecule is COC(=O)CC(c1ccc2c(c1)n(C)c(=O)n2C)c1c(O)cc(C)oc1=O. The number of carbonyl (C=O) groups excluding carboxylic acids is 1. The van der Waals surface area contributed by atoms with Crippen molar-refractivity contribution in [2.24, 2.45) is 14.1 Å². The molecule has 0 radical (unpaired) electrons. The average Bonchev–Trinajstić information content (AvgIpc) is 2.84. The number of ether oxygens (including phenoxy) is 1. The Morgan fingerprint density at radius 1 is 1.19 bits per heavy atom. The maximum Gasteiger partial charge on any atom is 0.343 e. The largest absolute Gasteiger partial charge is 0.507 e. The molecule has 0 aliphatic carbocycles. The molecule has 2 aromatic heterocycles. The van der Waals surface area contributed by atoms with E-state index in [1.54, 1.807) is 39.2 Å². The molecule has 8 heteroatoms. The number of carbonyl (C=O) groups is 1. The molecule has 1 aromatic carbocycles. The number of aromatic hydroxyl groups is 1. The summed E-state index contributed by atoms with van der Waals surface area (Å²) in [6.07, 6.45) is -0.163. The summed E-state index contributed by atoms with van der Waals surface area (Å²) in [6, 6.07) is 6.51. The van der Waals surface area contributed by atoms with Gasteiger partial charge in [-0.2, -0.15) is 0 Å². The number of hydrogen-bond donors (Lipinski definition) is 1. The Morgan fingerprint density at radius 3 is 2.48 bits per heavy atom. The van der Waals surface area contributed by atoms with Gasteiger partial charge < -0.3 is 14.3 Å². The van der Waals surface area contributed by atoms with Crippen LogP contribution in [-0.4, -0.2) is 27.3 Å². The van der Waals surface area contributed by atoms with E-state index in [1.807, 2.05) is 0 Å². The van der Waals surface area contributed by atoms with Crippen LogP contribution in [0.25, 0.3) is 11.0 Å². The van der Waals surface area contributed by atoms with Crippen molar-refractivity contribution in [2.45, 2.75) is 19.3 Å². The lowest BCUT2D eigenvalue weighted by molar-refractivity contribution is -0.140. The number of methoxy groups -OCH3 is 1. The monoisotopic (exact) mass is 372 g/mol. The maximum atomic E-state index is 12.4. The molecule has 2 heterocycles. The van der Waals surface area contributed by atoms with Crippen molar-refractivity contribution in [3.05, 3.63) is 62.1 Å². The van der Waals surface area contributed by atoms with E-state index in [4.69, 9.17) is 9.15 Å². The first kappa shape index (κ1) is 18.5. The molecule has 1 unspecified atom stereocenters. The quantitative estimate of drug-likeness (QED) is 0.697. The summed E-state index contributed by atoms with van der Waals surface area (Å²) in [6.45, 7) is 1.55. The molecule has 0 saturated heterocycles. The zero-order valence-electron chi connectivity index (χ0n) is 15.5. The lowest BCUT2D eigenvalue weighted by Crippen LogP contribution is -2.19. The first-order valence-corrected chi connectivity index (χ1v) is 8.30. The molecule has 27 heavy (non-hydrogen) atoms. The molecule has 1 N–H and O–H groups in total. The molecule has 8 nitrogen and oxygen atoms in total. The Hall–Kier alpha value is -3.29. The fourth-order valence-corrected chi connectivity index (χ4v) is 3.30. The number of fused-ring (bicyclic) bond motifs is 1. The van der Waals surface area contributed by atoms with Crippen molar-refractivity contribution < 1.29 is 19.1 Å². The van der Waals surface area contributed by atoms with Gasteiger partial charge in [0.05, 0.1) is 30.1 Å². The molecule has 0 saturated carbocycles. The molecule has 142 valence electrons. The third kappa shape index (κ3) is 3.14. The number of rotatable bonds is 4. The summed E-state index contributed by atoms with van der Waals surface area (Å²) in [7, 11) is 4.55. The third-order valence-electron chi connectivity index (χ3n) is 4.73. The van der Waals surface area contributed by atoms with Crippen LogP contribution in [0.3, 0.4) is 0 Å². The van der Waals surface area contributed by atoms with Gasteiger partial charge in [-0.15, -0.1) is 0 Å². The minimum atomic E-state index is -0.783. The molecule has 0 bridgehead atoms. The van der Waals surface area contributed by atoms with Crippen LogP contribution in [0.4, 0.5) is 0 Å². The summed E-state index contributed by atoms with van der Waals surface area (Å²) in [5.41, 5.74) is 1.01. The van der Waals surface area contributed by atoms with E-state index in [9.17, 15) is 19.5 Å². The zero-order valence-corrected chi connectivity index (χ0v) is 15.5. The summed E-state index contributed by atoms with van der Waals surface area (Å²) in [5.74, 6) is -1.31. The van der Waals surface area contributed by atoms with Gasteiger partial charge in [0.15, 0.2) is 0 Å².